The fourth-order valence-electron chi connectivity index (χ4n) is 3.80. The zero-order valence-corrected chi connectivity index (χ0v) is 19.0. The molecule has 0 bridgehead atoms. The van der Waals surface area contributed by atoms with E-state index in [4.69, 9.17) is 21.1 Å². The Bertz CT molecular complexity index is 1280. The minimum absolute atomic E-state index is 0.232. The van der Waals surface area contributed by atoms with Gasteiger partial charge in [-0.2, -0.15) is 18.3 Å². The standard InChI is InChI=1S/C22H18ClF5N4O3/c1-34-15-6-3-10(7-16(15)35-2)14-9-17(22(26,27)28)32-20(29-14)18(23)19(31-32)21(33)30-13-5-4-11(24)8-12(13)25/h3-8,14,17,29H,9H2,1-2H3,(H,30,33). The summed E-state index contributed by atoms with van der Waals surface area (Å²) in [5.74, 6) is -2.51. The van der Waals surface area contributed by atoms with Crippen LogP contribution in [0, 0.1) is 11.6 Å². The highest BCUT2D eigenvalue weighted by Gasteiger charge is 2.48. The maximum atomic E-state index is 14.0. The van der Waals surface area contributed by atoms with E-state index in [2.05, 4.69) is 15.7 Å². The molecular weight excluding hydrogens is 499 g/mol. The molecule has 1 amide bonds. The third-order valence-electron chi connectivity index (χ3n) is 5.50. The Hall–Kier alpha value is -3.54. The molecule has 1 aliphatic heterocycles. The average Bonchev–Trinajstić information content (AvgIpc) is 3.15. The number of rotatable bonds is 5. The van der Waals surface area contributed by atoms with Crippen molar-refractivity contribution in [1.29, 1.82) is 0 Å². The van der Waals surface area contributed by atoms with Crippen molar-refractivity contribution in [2.75, 3.05) is 24.9 Å². The molecule has 0 radical (unpaired) electrons. The van der Waals surface area contributed by atoms with Crippen LogP contribution in [0.15, 0.2) is 36.4 Å². The first-order valence-electron chi connectivity index (χ1n) is 10.1. The number of aromatic nitrogens is 2. The van der Waals surface area contributed by atoms with Crippen molar-refractivity contribution >= 4 is 29.0 Å². The van der Waals surface area contributed by atoms with Crippen LogP contribution >= 0.6 is 11.6 Å². The minimum atomic E-state index is -4.72. The van der Waals surface area contributed by atoms with Crippen molar-refractivity contribution in [2.45, 2.75) is 24.7 Å². The molecule has 2 heterocycles. The zero-order valence-electron chi connectivity index (χ0n) is 18.2. The van der Waals surface area contributed by atoms with E-state index in [1.165, 1.54) is 20.3 Å². The van der Waals surface area contributed by atoms with Crippen LogP contribution in [0.4, 0.5) is 33.5 Å². The fraction of sp³-hybridized carbons (Fsp3) is 0.273. The lowest BCUT2D eigenvalue weighted by molar-refractivity contribution is -0.173. The number of hydrogen-bond donors (Lipinski definition) is 2. The molecule has 2 aromatic carbocycles. The van der Waals surface area contributed by atoms with Gasteiger partial charge in [-0.25, -0.2) is 13.5 Å². The van der Waals surface area contributed by atoms with E-state index in [-0.39, 0.29) is 16.5 Å². The number of halogens is 6. The molecular formula is C22H18ClF5N4O3. The van der Waals surface area contributed by atoms with E-state index in [0.29, 0.717) is 27.8 Å². The van der Waals surface area contributed by atoms with Gasteiger partial charge in [-0.3, -0.25) is 4.79 Å². The summed E-state index contributed by atoms with van der Waals surface area (Å²) in [5.41, 5.74) is -0.484. The summed E-state index contributed by atoms with van der Waals surface area (Å²) in [4.78, 5) is 12.7. The number of hydrogen-bond acceptors (Lipinski definition) is 5. The first kappa shape index (κ1) is 24.6. The molecule has 7 nitrogen and oxygen atoms in total. The van der Waals surface area contributed by atoms with Crippen LogP contribution in [-0.4, -0.2) is 36.1 Å². The van der Waals surface area contributed by atoms with Gasteiger partial charge in [0.05, 0.1) is 25.9 Å². The number of benzene rings is 2. The summed E-state index contributed by atoms with van der Waals surface area (Å²) in [5, 5.41) is 8.44. The lowest BCUT2D eigenvalue weighted by atomic mass is 9.96. The largest absolute Gasteiger partial charge is 0.493 e. The number of methoxy groups -OCH3 is 2. The second-order valence-electron chi connectivity index (χ2n) is 7.64. The maximum absolute atomic E-state index is 14.0. The van der Waals surface area contributed by atoms with Gasteiger partial charge < -0.3 is 20.1 Å². The molecule has 1 aliphatic rings. The highest BCUT2D eigenvalue weighted by molar-refractivity contribution is 6.36. The number of fused-ring (bicyclic) bond motifs is 1. The number of carbonyl (C=O) groups excluding carboxylic acids is 1. The zero-order chi connectivity index (χ0) is 25.5. The van der Waals surface area contributed by atoms with Crippen LogP contribution in [0.3, 0.4) is 0 Å². The van der Waals surface area contributed by atoms with Gasteiger partial charge in [-0.1, -0.05) is 17.7 Å². The van der Waals surface area contributed by atoms with Gasteiger partial charge in [-0.15, -0.1) is 0 Å². The average molecular weight is 517 g/mol. The molecule has 0 saturated carbocycles. The van der Waals surface area contributed by atoms with Crippen LogP contribution in [0.25, 0.3) is 0 Å². The van der Waals surface area contributed by atoms with Gasteiger partial charge in [0.2, 0.25) is 0 Å². The highest BCUT2D eigenvalue weighted by atomic mass is 35.5. The summed E-state index contributed by atoms with van der Waals surface area (Å²) in [6.45, 7) is 0. The van der Waals surface area contributed by atoms with E-state index in [1.807, 2.05) is 0 Å². The molecule has 0 aliphatic carbocycles. The summed E-state index contributed by atoms with van der Waals surface area (Å²) in [7, 11) is 2.83. The second-order valence-corrected chi connectivity index (χ2v) is 8.02. The number of carbonyl (C=O) groups is 1. The summed E-state index contributed by atoms with van der Waals surface area (Å²) in [6, 6.07) is 4.12. The van der Waals surface area contributed by atoms with E-state index < -0.39 is 47.9 Å². The number of nitrogens with one attached hydrogen (secondary N) is 2. The molecule has 35 heavy (non-hydrogen) atoms. The van der Waals surface area contributed by atoms with Crippen LogP contribution < -0.4 is 20.1 Å². The van der Waals surface area contributed by atoms with Crippen molar-refractivity contribution in [1.82, 2.24) is 9.78 Å². The molecule has 13 heteroatoms. The number of ether oxygens (including phenoxy) is 2. The molecule has 2 unspecified atom stereocenters. The van der Waals surface area contributed by atoms with Crippen molar-refractivity contribution in [3.8, 4) is 11.5 Å². The van der Waals surface area contributed by atoms with E-state index in [1.54, 1.807) is 12.1 Å². The first-order chi connectivity index (χ1) is 16.5. The van der Waals surface area contributed by atoms with Gasteiger partial charge in [0.15, 0.2) is 23.2 Å². The van der Waals surface area contributed by atoms with Crippen LogP contribution in [0.2, 0.25) is 5.02 Å². The molecule has 0 saturated heterocycles. The maximum Gasteiger partial charge on any atom is 0.410 e. The van der Waals surface area contributed by atoms with Crippen molar-refractivity contribution in [3.05, 3.63) is 64.3 Å². The lowest BCUT2D eigenvalue weighted by Gasteiger charge is -2.33. The number of nitrogens with zero attached hydrogens (tertiary/aromatic N) is 2. The third kappa shape index (κ3) is 4.70. The fourth-order valence-corrected chi connectivity index (χ4v) is 4.06. The molecule has 0 fully saturated rings. The highest BCUT2D eigenvalue weighted by Crippen LogP contribution is 2.47. The summed E-state index contributed by atoms with van der Waals surface area (Å²) in [6.07, 6.45) is -5.19. The van der Waals surface area contributed by atoms with Gasteiger partial charge in [-0.05, 0) is 29.8 Å². The predicted octanol–water partition coefficient (Wildman–Crippen LogP) is 5.74. The van der Waals surface area contributed by atoms with Crippen LogP contribution in [0.1, 0.15) is 34.6 Å². The summed E-state index contributed by atoms with van der Waals surface area (Å²) >= 11 is 6.27. The molecule has 4 rings (SSSR count). The Morgan fingerprint density at radius 1 is 1.14 bits per heavy atom. The Morgan fingerprint density at radius 2 is 1.86 bits per heavy atom. The third-order valence-corrected chi connectivity index (χ3v) is 5.86. The van der Waals surface area contributed by atoms with E-state index in [9.17, 15) is 26.7 Å². The molecule has 1 aromatic heterocycles. The van der Waals surface area contributed by atoms with Crippen LogP contribution in [0.5, 0.6) is 11.5 Å². The predicted molar refractivity (Wildman–Crippen MR) is 117 cm³/mol. The monoisotopic (exact) mass is 516 g/mol. The quantitative estimate of drug-likeness (QED) is 0.423. The topological polar surface area (TPSA) is 77.4 Å². The van der Waals surface area contributed by atoms with Crippen molar-refractivity contribution < 1.29 is 36.2 Å². The van der Waals surface area contributed by atoms with Crippen molar-refractivity contribution in [2.24, 2.45) is 0 Å². The molecule has 0 spiro atoms. The Balaban J connectivity index is 1.71. The number of anilines is 2. The smallest absolute Gasteiger partial charge is 0.410 e. The Morgan fingerprint density at radius 3 is 2.49 bits per heavy atom. The minimum Gasteiger partial charge on any atom is -0.493 e. The lowest BCUT2D eigenvalue weighted by Crippen LogP contribution is -2.35. The number of amides is 1. The molecule has 186 valence electrons. The summed E-state index contributed by atoms with van der Waals surface area (Å²) < 4.78 is 80.0. The molecule has 2 atom stereocenters. The van der Waals surface area contributed by atoms with Gasteiger partial charge in [0.25, 0.3) is 5.91 Å². The van der Waals surface area contributed by atoms with E-state index in [0.717, 1.165) is 12.1 Å². The second kappa shape index (κ2) is 9.25. The molecule has 2 N–H and O–H groups in total. The van der Waals surface area contributed by atoms with Crippen LogP contribution in [-0.2, 0) is 0 Å². The van der Waals surface area contributed by atoms with Gasteiger partial charge in [0.1, 0.15) is 22.5 Å². The first-order valence-corrected chi connectivity index (χ1v) is 10.5. The Kier molecular flexibility index (Phi) is 6.50. The SMILES string of the molecule is COc1ccc(C2CC(C(F)(F)F)n3nc(C(=O)Nc4ccc(F)cc4F)c(Cl)c3N2)cc1OC. The Labute approximate surface area is 200 Å². The van der Waals surface area contributed by atoms with Gasteiger partial charge in [0, 0.05) is 12.5 Å². The van der Waals surface area contributed by atoms with Gasteiger partial charge >= 0.3 is 6.18 Å². The molecule has 3 aromatic rings. The van der Waals surface area contributed by atoms with E-state index >= 15 is 0 Å². The number of alkyl halides is 3. The normalized spacial score (nSPS) is 17.4. The van der Waals surface area contributed by atoms with Crippen molar-refractivity contribution in [3.63, 3.8) is 0 Å².